The van der Waals surface area contributed by atoms with Crippen molar-refractivity contribution in [3.05, 3.63) is 28.2 Å². The number of carbonyl (C=O) groups excluding carboxylic acids is 2. The van der Waals surface area contributed by atoms with Crippen molar-refractivity contribution in [3.8, 4) is 5.75 Å². The number of benzene rings is 1. The zero-order valence-electron chi connectivity index (χ0n) is 10.1. The first-order valence-electron chi connectivity index (χ1n) is 5.80. The van der Waals surface area contributed by atoms with Crippen LogP contribution in [0.5, 0.6) is 5.75 Å². The molecule has 1 atom stereocenters. The van der Waals surface area contributed by atoms with Crippen LogP contribution in [-0.4, -0.2) is 47.5 Å². The zero-order chi connectivity index (χ0) is 14.0. The van der Waals surface area contributed by atoms with Crippen molar-refractivity contribution in [2.45, 2.75) is 6.04 Å². The summed E-state index contributed by atoms with van der Waals surface area (Å²) in [7, 11) is 0. The number of phenols is 1. The predicted molar refractivity (Wildman–Crippen MR) is 72.7 cm³/mol. The molecule has 2 amide bonds. The van der Waals surface area contributed by atoms with E-state index in [1.54, 1.807) is 6.07 Å². The first-order chi connectivity index (χ1) is 9.00. The maximum Gasteiger partial charge on any atom is 0.258 e. The number of piperazine rings is 1. The predicted octanol–water partition coefficient (Wildman–Crippen LogP) is 0.0540. The lowest BCUT2D eigenvalue weighted by Gasteiger charge is -2.34. The van der Waals surface area contributed by atoms with Crippen molar-refractivity contribution in [1.29, 1.82) is 0 Å². The number of nitrogens with one attached hydrogen (secondary N) is 1. The lowest BCUT2D eigenvalue weighted by atomic mass is 10.1. The van der Waals surface area contributed by atoms with E-state index < -0.39 is 17.9 Å². The Kier molecular flexibility index (Phi) is 4.06. The minimum absolute atomic E-state index is 0.116. The number of hydrogen-bond acceptors (Lipinski definition) is 4. The molecule has 7 heteroatoms. The van der Waals surface area contributed by atoms with Crippen LogP contribution in [0.4, 0.5) is 0 Å². The smallest absolute Gasteiger partial charge is 0.258 e. The van der Waals surface area contributed by atoms with E-state index in [4.69, 9.17) is 5.73 Å². The van der Waals surface area contributed by atoms with Gasteiger partial charge in [0.15, 0.2) is 0 Å². The minimum atomic E-state index is -0.695. The second kappa shape index (κ2) is 5.58. The number of halogens is 1. The van der Waals surface area contributed by atoms with E-state index >= 15 is 0 Å². The first-order valence-corrected chi connectivity index (χ1v) is 6.59. The van der Waals surface area contributed by atoms with Gasteiger partial charge in [-0.3, -0.25) is 9.59 Å². The van der Waals surface area contributed by atoms with Gasteiger partial charge in [-0.1, -0.05) is 15.9 Å². The van der Waals surface area contributed by atoms with Gasteiger partial charge in [0.1, 0.15) is 11.8 Å². The molecule has 1 aromatic carbocycles. The molecule has 1 aliphatic heterocycles. The molecule has 2 rings (SSSR count). The highest BCUT2D eigenvalue weighted by Crippen LogP contribution is 2.24. The highest BCUT2D eigenvalue weighted by molar-refractivity contribution is 9.10. The molecule has 0 aliphatic carbocycles. The summed E-state index contributed by atoms with van der Waals surface area (Å²) in [5.41, 5.74) is 5.45. The molecule has 1 aliphatic rings. The summed E-state index contributed by atoms with van der Waals surface area (Å²) in [6.45, 7) is 1.29. The standard InChI is InChI=1S/C12H14BrN3O3/c13-7-1-2-10(17)8(5-7)12(19)16-4-3-15-6-9(16)11(14)18/h1-2,5,9,15,17H,3-4,6H2,(H2,14,18). The lowest BCUT2D eigenvalue weighted by molar-refractivity contribution is -0.122. The fourth-order valence-electron chi connectivity index (χ4n) is 2.04. The molecule has 0 saturated carbocycles. The summed E-state index contributed by atoms with van der Waals surface area (Å²) in [5, 5.41) is 12.8. The molecule has 19 heavy (non-hydrogen) atoms. The van der Waals surface area contributed by atoms with Crippen LogP contribution >= 0.6 is 15.9 Å². The molecule has 1 unspecified atom stereocenters. The maximum atomic E-state index is 12.4. The second-order valence-electron chi connectivity index (χ2n) is 4.28. The Labute approximate surface area is 118 Å². The average Bonchev–Trinajstić information content (AvgIpc) is 2.40. The molecule has 1 aromatic rings. The molecule has 1 fully saturated rings. The van der Waals surface area contributed by atoms with Gasteiger partial charge in [-0.25, -0.2) is 0 Å². The fraction of sp³-hybridized carbons (Fsp3) is 0.333. The highest BCUT2D eigenvalue weighted by atomic mass is 79.9. The van der Waals surface area contributed by atoms with Crippen molar-refractivity contribution >= 4 is 27.7 Å². The number of carbonyl (C=O) groups is 2. The summed E-state index contributed by atoms with van der Waals surface area (Å²) in [6, 6.07) is 3.89. The molecule has 102 valence electrons. The van der Waals surface area contributed by atoms with E-state index in [2.05, 4.69) is 21.2 Å². The third-order valence-corrected chi connectivity index (χ3v) is 3.51. The third kappa shape index (κ3) is 2.87. The van der Waals surface area contributed by atoms with Gasteiger partial charge in [0, 0.05) is 24.1 Å². The van der Waals surface area contributed by atoms with Crippen molar-refractivity contribution in [2.24, 2.45) is 5.73 Å². The molecule has 0 spiro atoms. The molecule has 0 aromatic heterocycles. The van der Waals surface area contributed by atoms with Gasteiger partial charge in [-0.05, 0) is 18.2 Å². The highest BCUT2D eigenvalue weighted by Gasteiger charge is 2.32. The molecule has 0 radical (unpaired) electrons. The van der Waals surface area contributed by atoms with Crippen molar-refractivity contribution in [3.63, 3.8) is 0 Å². The quantitative estimate of drug-likeness (QED) is 0.715. The normalized spacial score (nSPS) is 19.2. The summed E-state index contributed by atoms with van der Waals surface area (Å²) >= 11 is 3.25. The van der Waals surface area contributed by atoms with Crippen LogP contribution in [0.15, 0.2) is 22.7 Å². The lowest BCUT2D eigenvalue weighted by Crippen LogP contribution is -2.58. The number of primary amides is 1. The Morgan fingerprint density at radius 3 is 2.89 bits per heavy atom. The van der Waals surface area contributed by atoms with Crippen LogP contribution in [0.2, 0.25) is 0 Å². The van der Waals surface area contributed by atoms with E-state index in [0.717, 1.165) is 0 Å². The fourth-order valence-corrected chi connectivity index (χ4v) is 2.40. The molecule has 1 heterocycles. The molecular weight excluding hydrogens is 314 g/mol. The van der Waals surface area contributed by atoms with Crippen molar-refractivity contribution in [1.82, 2.24) is 10.2 Å². The zero-order valence-corrected chi connectivity index (χ0v) is 11.7. The van der Waals surface area contributed by atoms with Crippen LogP contribution in [0.25, 0.3) is 0 Å². The molecular formula is C12H14BrN3O3. The maximum absolute atomic E-state index is 12.4. The van der Waals surface area contributed by atoms with Crippen LogP contribution in [0.3, 0.4) is 0 Å². The van der Waals surface area contributed by atoms with E-state index in [1.807, 2.05) is 0 Å². The number of amides is 2. The number of hydrogen-bond donors (Lipinski definition) is 3. The van der Waals surface area contributed by atoms with E-state index in [9.17, 15) is 14.7 Å². The Morgan fingerprint density at radius 2 is 2.21 bits per heavy atom. The van der Waals surface area contributed by atoms with Gasteiger partial charge in [-0.15, -0.1) is 0 Å². The molecule has 1 saturated heterocycles. The topological polar surface area (TPSA) is 95.7 Å². The van der Waals surface area contributed by atoms with Crippen LogP contribution < -0.4 is 11.1 Å². The Balaban J connectivity index is 2.31. The van der Waals surface area contributed by atoms with Gasteiger partial charge in [0.2, 0.25) is 5.91 Å². The van der Waals surface area contributed by atoms with Crippen LogP contribution in [0, 0.1) is 0 Å². The average molecular weight is 328 g/mol. The second-order valence-corrected chi connectivity index (χ2v) is 5.20. The minimum Gasteiger partial charge on any atom is -0.507 e. The molecule has 0 bridgehead atoms. The van der Waals surface area contributed by atoms with E-state index in [0.29, 0.717) is 24.1 Å². The SMILES string of the molecule is NC(=O)C1CNCCN1C(=O)c1cc(Br)ccc1O. The number of phenolic OH excluding ortho intramolecular Hbond substituents is 1. The van der Waals surface area contributed by atoms with Crippen LogP contribution in [0.1, 0.15) is 10.4 Å². The summed E-state index contributed by atoms with van der Waals surface area (Å²) in [4.78, 5) is 25.2. The monoisotopic (exact) mass is 327 g/mol. The number of nitrogens with two attached hydrogens (primary N) is 1. The van der Waals surface area contributed by atoms with Gasteiger partial charge in [0.25, 0.3) is 5.91 Å². The Bertz CT molecular complexity index is 521. The molecule has 6 nitrogen and oxygen atoms in total. The van der Waals surface area contributed by atoms with Gasteiger partial charge in [0.05, 0.1) is 5.56 Å². The van der Waals surface area contributed by atoms with E-state index in [-0.39, 0.29) is 11.3 Å². The van der Waals surface area contributed by atoms with Gasteiger partial charge >= 0.3 is 0 Å². The number of rotatable bonds is 2. The summed E-state index contributed by atoms with van der Waals surface area (Å²) in [6.07, 6.45) is 0. The van der Waals surface area contributed by atoms with Gasteiger partial charge < -0.3 is 21.1 Å². The van der Waals surface area contributed by atoms with Crippen molar-refractivity contribution < 1.29 is 14.7 Å². The Hall–Kier alpha value is -1.60. The number of nitrogens with zero attached hydrogens (tertiary/aromatic N) is 1. The van der Waals surface area contributed by atoms with Crippen molar-refractivity contribution in [2.75, 3.05) is 19.6 Å². The Morgan fingerprint density at radius 1 is 1.47 bits per heavy atom. The molecule has 4 N–H and O–H groups in total. The number of aromatic hydroxyl groups is 1. The summed E-state index contributed by atoms with van der Waals surface area (Å²) < 4.78 is 0.680. The first kappa shape index (κ1) is 13.8. The largest absolute Gasteiger partial charge is 0.507 e. The summed E-state index contributed by atoms with van der Waals surface area (Å²) in [5.74, 6) is -1.07. The van der Waals surface area contributed by atoms with Gasteiger partial charge in [-0.2, -0.15) is 0 Å². The van der Waals surface area contributed by atoms with E-state index in [1.165, 1.54) is 17.0 Å². The van der Waals surface area contributed by atoms with Crippen LogP contribution in [-0.2, 0) is 4.79 Å². The third-order valence-electron chi connectivity index (χ3n) is 3.02.